The lowest BCUT2D eigenvalue weighted by Crippen LogP contribution is -2.19. The molecule has 0 atom stereocenters. The minimum Gasteiger partial charge on any atom is -0.476 e. The third-order valence-electron chi connectivity index (χ3n) is 4.58. The second-order valence-corrected chi connectivity index (χ2v) is 9.65. The molecule has 0 saturated carbocycles. The Kier molecular flexibility index (Phi) is 5.17. The summed E-state index contributed by atoms with van der Waals surface area (Å²) >= 11 is 12.2. The van der Waals surface area contributed by atoms with Crippen LogP contribution in [-0.2, 0) is 15.6 Å². The monoisotopic (exact) mass is 466 g/mol. The zero-order valence-corrected chi connectivity index (χ0v) is 17.5. The largest absolute Gasteiger partial charge is 0.476 e. The number of hydrogen-bond acceptors (Lipinski definition) is 4. The van der Waals surface area contributed by atoms with Crippen molar-refractivity contribution >= 4 is 50.7 Å². The van der Waals surface area contributed by atoms with Gasteiger partial charge in [0.1, 0.15) is 5.82 Å². The van der Waals surface area contributed by atoms with Crippen molar-refractivity contribution in [2.24, 2.45) is 0 Å². The van der Waals surface area contributed by atoms with Crippen molar-refractivity contribution in [2.45, 2.75) is 5.75 Å². The molecule has 10 heteroatoms. The van der Waals surface area contributed by atoms with Crippen LogP contribution in [0.5, 0.6) is 0 Å². The maximum absolute atomic E-state index is 13.2. The van der Waals surface area contributed by atoms with Gasteiger partial charge in [-0.15, -0.1) is 0 Å². The van der Waals surface area contributed by atoms with Crippen LogP contribution in [0.1, 0.15) is 27.3 Å². The van der Waals surface area contributed by atoms with E-state index in [-0.39, 0.29) is 33.4 Å². The van der Waals surface area contributed by atoms with E-state index in [1.165, 1.54) is 42.5 Å². The van der Waals surface area contributed by atoms with Gasteiger partial charge in [0.15, 0.2) is 15.5 Å². The number of carbonyl (C=O) groups is 1. The van der Waals surface area contributed by atoms with Gasteiger partial charge in [-0.3, -0.25) is 0 Å². The molecule has 1 N–H and O–H groups in total. The highest BCUT2D eigenvalue weighted by atomic mass is 35.5. The third-order valence-corrected chi connectivity index (χ3v) is 6.60. The molecule has 0 unspecified atom stereocenters. The van der Waals surface area contributed by atoms with Crippen LogP contribution in [0.2, 0.25) is 10.0 Å². The molecule has 0 aliphatic carbocycles. The average molecular weight is 467 g/mol. The maximum Gasteiger partial charge on any atom is 0.354 e. The van der Waals surface area contributed by atoms with Crippen LogP contribution in [0.3, 0.4) is 0 Å². The summed E-state index contributed by atoms with van der Waals surface area (Å²) in [5.74, 6) is -2.55. The minimum atomic E-state index is -3.63. The topological polar surface area (TPSA) is 89.3 Å². The van der Waals surface area contributed by atoms with Crippen LogP contribution in [0.25, 0.3) is 17.3 Å². The number of aromatic nitrogens is 2. The molecule has 30 heavy (non-hydrogen) atoms. The van der Waals surface area contributed by atoms with E-state index in [1.54, 1.807) is 6.08 Å². The van der Waals surface area contributed by atoms with E-state index in [9.17, 15) is 22.7 Å². The molecule has 3 aromatic rings. The summed E-state index contributed by atoms with van der Waals surface area (Å²) < 4.78 is 39.4. The van der Waals surface area contributed by atoms with Crippen molar-refractivity contribution in [2.75, 3.05) is 5.75 Å². The van der Waals surface area contributed by atoms with Gasteiger partial charge in [0.25, 0.3) is 0 Å². The molecule has 0 saturated heterocycles. The third kappa shape index (κ3) is 3.86. The molecule has 1 aliphatic rings. The lowest BCUT2D eigenvalue weighted by Gasteiger charge is -2.15. The summed E-state index contributed by atoms with van der Waals surface area (Å²) in [6.45, 7) is 0. The SMILES string of the molecule is O=C(O)c1c2c(nn1-c1ccc(Cl)cc1Cl)/C(=C/c1ccc(F)cc1)CS(=O)(=O)C2. The summed E-state index contributed by atoms with van der Waals surface area (Å²) in [7, 11) is -3.63. The predicted octanol–water partition coefficient (Wildman–Crippen LogP) is 4.49. The average Bonchev–Trinajstić information content (AvgIpc) is 3.01. The summed E-state index contributed by atoms with van der Waals surface area (Å²) in [4.78, 5) is 12.0. The van der Waals surface area contributed by atoms with E-state index >= 15 is 0 Å². The Hall–Kier alpha value is -2.68. The van der Waals surface area contributed by atoms with Gasteiger partial charge < -0.3 is 5.11 Å². The van der Waals surface area contributed by atoms with Gasteiger partial charge in [-0.05, 0) is 47.5 Å². The second kappa shape index (κ2) is 7.54. The maximum atomic E-state index is 13.2. The highest BCUT2D eigenvalue weighted by Crippen LogP contribution is 2.35. The summed E-state index contributed by atoms with van der Waals surface area (Å²) in [5.41, 5.74) is 1.17. The van der Waals surface area contributed by atoms with Crippen LogP contribution in [0.15, 0.2) is 42.5 Å². The number of hydrogen-bond donors (Lipinski definition) is 1. The van der Waals surface area contributed by atoms with Crippen LogP contribution in [-0.4, -0.2) is 35.0 Å². The van der Waals surface area contributed by atoms with Crippen molar-refractivity contribution in [3.8, 4) is 5.69 Å². The first-order valence-electron chi connectivity index (χ1n) is 8.62. The van der Waals surface area contributed by atoms with E-state index in [2.05, 4.69) is 5.10 Å². The first-order chi connectivity index (χ1) is 14.1. The van der Waals surface area contributed by atoms with E-state index in [1.807, 2.05) is 0 Å². The molecular formula is C20H13Cl2FN2O4S. The number of fused-ring (bicyclic) bond motifs is 1. The van der Waals surface area contributed by atoms with Gasteiger partial charge in [-0.1, -0.05) is 35.3 Å². The Morgan fingerprint density at radius 1 is 1.13 bits per heavy atom. The van der Waals surface area contributed by atoms with Gasteiger partial charge in [0.05, 0.1) is 27.9 Å². The van der Waals surface area contributed by atoms with Gasteiger partial charge in [-0.2, -0.15) is 5.10 Å². The van der Waals surface area contributed by atoms with E-state index < -0.39 is 27.4 Å². The molecule has 0 amide bonds. The van der Waals surface area contributed by atoms with Crippen LogP contribution >= 0.6 is 23.2 Å². The number of carboxylic acids is 1. The van der Waals surface area contributed by atoms with Crippen LogP contribution in [0.4, 0.5) is 4.39 Å². The van der Waals surface area contributed by atoms with Crippen LogP contribution < -0.4 is 0 Å². The molecule has 2 heterocycles. The fourth-order valence-corrected chi connectivity index (χ4v) is 5.34. The number of aromatic carboxylic acids is 1. The molecule has 4 rings (SSSR count). The molecule has 1 aliphatic heterocycles. The zero-order chi connectivity index (χ0) is 21.6. The smallest absolute Gasteiger partial charge is 0.354 e. The minimum absolute atomic E-state index is 0.0770. The van der Waals surface area contributed by atoms with E-state index in [0.29, 0.717) is 16.2 Å². The lowest BCUT2D eigenvalue weighted by molar-refractivity contribution is 0.0686. The molecule has 0 radical (unpaired) electrons. The second-order valence-electron chi connectivity index (χ2n) is 6.74. The highest BCUT2D eigenvalue weighted by Gasteiger charge is 2.35. The standard InChI is InChI=1S/C20H13Cl2FN2O4S/c21-13-3-6-17(16(22)8-13)25-19(20(26)27)15-10-30(28,29)9-12(18(15)24-25)7-11-1-4-14(23)5-2-11/h1-8H,9-10H2,(H,26,27)/b12-7+. The van der Waals surface area contributed by atoms with Gasteiger partial charge in [-0.25, -0.2) is 22.3 Å². The molecule has 0 bridgehead atoms. The van der Waals surface area contributed by atoms with E-state index in [4.69, 9.17) is 23.2 Å². The quantitative estimate of drug-likeness (QED) is 0.614. The summed E-state index contributed by atoms with van der Waals surface area (Å²) in [6.07, 6.45) is 1.56. The van der Waals surface area contributed by atoms with Gasteiger partial charge in [0.2, 0.25) is 0 Å². The number of benzene rings is 2. The molecular weight excluding hydrogens is 454 g/mol. The Morgan fingerprint density at radius 3 is 2.47 bits per heavy atom. The number of rotatable bonds is 3. The van der Waals surface area contributed by atoms with Gasteiger partial charge in [0, 0.05) is 10.6 Å². The van der Waals surface area contributed by atoms with Crippen molar-refractivity contribution in [1.82, 2.24) is 9.78 Å². The normalized spacial score (nSPS) is 16.4. The number of nitrogens with zero attached hydrogens (tertiary/aromatic N) is 2. The lowest BCUT2D eigenvalue weighted by atomic mass is 10.0. The summed E-state index contributed by atoms with van der Waals surface area (Å²) in [6, 6.07) is 9.97. The van der Waals surface area contributed by atoms with Crippen molar-refractivity contribution in [3.05, 3.63) is 80.8 Å². The molecule has 2 aromatic carbocycles. The van der Waals surface area contributed by atoms with Crippen molar-refractivity contribution in [3.63, 3.8) is 0 Å². The van der Waals surface area contributed by atoms with Gasteiger partial charge >= 0.3 is 5.97 Å². The molecule has 6 nitrogen and oxygen atoms in total. The first-order valence-corrected chi connectivity index (χ1v) is 11.2. The molecule has 154 valence electrons. The number of sulfone groups is 1. The fraction of sp³-hybridized carbons (Fsp3) is 0.100. The number of carboxylic acid groups (broad SMARTS) is 1. The van der Waals surface area contributed by atoms with E-state index in [0.717, 1.165) is 4.68 Å². The number of halogens is 3. The molecule has 1 aromatic heterocycles. The fourth-order valence-electron chi connectivity index (χ4n) is 3.34. The first kappa shape index (κ1) is 20.6. The molecule has 0 fully saturated rings. The Balaban J connectivity index is 1.97. The van der Waals surface area contributed by atoms with Crippen molar-refractivity contribution < 1.29 is 22.7 Å². The Labute approximate surface area is 181 Å². The zero-order valence-electron chi connectivity index (χ0n) is 15.1. The summed E-state index contributed by atoms with van der Waals surface area (Å²) in [5, 5.41) is 14.7. The molecule has 0 spiro atoms. The Morgan fingerprint density at radius 2 is 1.83 bits per heavy atom. The predicted molar refractivity (Wildman–Crippen MR) is 112 cm³/mol. The van der Waals surface area contributed by atoms with Crippen LogP contribution in [0, 0.1) is 5.82 Å². The highest BCUT2D eigenvalue weighted by molar-refractivity contribution is 7.91. The van der Waals surface area contributed by atoms with Crippen molar-refractivity contribution in [1.29, 1.82) is 0 Å². The Bertz CT molecular complexity index is 1320.